The highest BCUT2D eigenvalue weighted by Gasteiger charge is 2.49. The quantitative estimate of drug-likeness (QED) is 0.804. The summed E-state index contributed by atoms with van der Waals surface area (Å²) in [5.41, 5.74) is -1.09. The van der Waals surface area contributed by atoms with Crippen LogP contribution in [0.1, 0.15) is 44.9 Å². The Morgan fingerprint density at radius 1 is 1.26 bits per heavy atom. The molecule has 2 aliphatic carbocycles. The van der Waals surface area contributed by atoms with E-state index < -0.39 is 29.4 Å². The number of amides is 1. The third kappa shape index (κ3) is 2.57. The molecule has 0 aliphatic heterocycles. The van der Waals surface area contributed by atoms with Crippen molar-refractivity contribution in [3.8, 4) is 6.07 Å². The number of carbonyl (C=O) groups is 1. The van der Waals surface area contributed by atoms with Crippen LogP contribution in [0.25, 0.3) is 0 Å². The minimum Gasteiger partial charge on any atom is -0.385 e. The van der Waals surface area contributed by atoms with E-state index in [0.29, 0.717) is 19.3 Å². The number of aliphatic hydroxyl groups excluding tert-OH is 1. The van der Waals surface area contributed by atoms with Gasteiger partial charge in [0.2, 0.25) is 5.91 Å². The zero-order valence-corrected chi connectivity index (χ0v) is 10.7. The lowest BCUT2D eigenvalue weighted by molar-refractivity contribution is -0.151. The molecule has 0 unspecified atom stereocenters. The molecule has 19 heavy (non-hydrogen) atoms. The second kappa shape index (κ2) is 5.04. The van der Waals surface area contributed by atoms with Crippen LogP contribution in [0.2, 0.25) is 0 Å². The number of carbonyl (C=O) groups excluding carboxylic acids is 1. The standard InChI is InChI=1S/C13H18F2N2O2/c14-13(15)7-3-4-9(10(13)18)17-11(19)12(8-16)5-1-2-6-12/h9-10,18H,1-7H2,(H,17,19)/t9-,10+/m0/s1. The molecule has 1 amide bonds. The molecule has 0 bridgehead atoms. The summed E-state index contributed by atoms with van der Waals surface area (Å²) in [6, 6.07) is 1.06. The Morgan fingerprint density at radius 3 is 2.47 bits per heavy atom. The average molecular weight is 272 g/mol. The van der Waals surface area contributed by atoms with Crippen LogP contribution in [-0.2, 0) is 4.79 Å². The largest absolute Gasteiger partial charge is 0.385 e. The molecule has 0 radical (unpaired) electrons. The molecule has 4 nitrogen and oxygen atoms in total. The van der Waals surface area contributed by atoms with Crippen LogP contribution in [0.4, 0.5) is 8.78 Å². The van der Waals surface area contributed by atoms with Crippen molar-refractivity contribution in [2.45, 2.75) is 63.0 Å². The van der Waals surface area contributed by atoms with E-state index in [4.69, 9.17) is 5.26 Å². The highest BCUT2D eigenvalue weighted by Crippen LogP contribution is 2.39. The van der Waals surface area contributed by atoms with Gasteiger partial charge < -0.3 is 10.4 Å². The molecule has 0 spiro atoms. The number of nitriles is 1. The van der Waals surface area contributed by atoms with Gasteiger partial charge in [-0.05, 0) is 25.7 Å². The van der Waals surface area contributed by atoms with Gasteiger partial charge >= 0.3 is 0 Å². The van der Waals surface area contributed by atoms with Gasteiger partial charge in [0.25, 0.3) is 5.92 Å². The Hall–Kier alpha value is -1.22. The zero-order chi connectivity index (χ0) is 14.1. The van der Waals surface area contributed by atoms with Crippen molar-refractivity contribution in [3.05, 3.63) is 0 Å². The molecule has 2 rings (SSSR count). The fraction of sp³-hybridized carbons (Fsp3) is 0.846. The fourth-order valence-electron chi connectivity index (χ4n) is 2.98. The van der Waals surface area contributed by atoms with Crippen molar-refractivity contribution in [1.82, 2.24) is 5.32 Å². The lowest BCUT2D eigenvalue weighted by atomic mass is 9.84. The molecule has 2 fully saturated rings. The maximum atomic E-state index is 13.4. The molecule has 2 N–H and O–H groups in total. The molecule has 0 aromatic carbocycles. The molecule has 2 aliphatic rings. The topological polar surface area (TPSA) is 73.1 Å². The lowest BCUT2D eigenvalue weighted by Gasteiger charge is -2.36. The van der Waals surface area contributed by atoms with E-state index in [-0.39, 0.29) is 12.8 Å². The number of halogens is 2. The minimum atomic E-state index is -3.16. The summed E-state index contributed by atoms with van der Waals surface area (Å²) >= 11 is 0. The SMILES string of the molecule is N#CC1(C(=O)N[C@H]2CCCC(F)(F)[C@@H]2O)CCCC1. The Bertz CT molecular complexity index is 400. The maximum absolute atomic E-state index is 13.4. The number of hydrogen-bond acceptors (Lipinski definition) is 3. The van der Waals surface area contributed by atoms with E-state index in [9.17, 15) is 18.7 Å². The van der Waals surface area contributed by atoms with Gasteiger partial charge in [0.1, 0.15) is 11.5 Å². The molecule has 0 saturated heterocycles. The molecule has 0 aromatic heterocycles. The van der Waals surface area contributed by atoms with E-state index in [1.807, 2.05) is 6.07 Å². The van der Waals surface area contributed by atoms with Gasteiger partial charge in [0.15, 0.2) is 0 Å². The van der Waals surface area contributed by atoms with Gasteiger partial charge in [-0.25, -0.2) is 8.78 Å². The van der Waals surface area contributed by atoms with Crippen LogP contribution >= 0.6 is 0 Å². The Morgan fingerprint density at radius 2 is 1.89 bits per heavy atom. The summed E-state index contributed by atoms with van der Waals surface area (Å²) in [4.78, 5) is 12.1. The number of alkyl halides is 2. The molecular weight excluding hydrogens is 254 g/mol. The van der Waals surface area contributed by atoms with Gasteiger partial charge in [0.05, 0.1) is 12.1 Å². The number of nitrogens with one attached hydrogen (secondary N) is 1. The second-order valence-electron chi connectivity index (χ2n) is 5.58. The van der Waals surface area contributed by atoms with E-state index in [0.717, 1.165) is 12.8 Å². The summed E-state index contributed by atoms with van der Waals surface area (Å²) in [5.74, 6) is -3.67. The summed E-state index contributed by atoms with van der Waals surface area (Å²) in [6.07, 6.45) is 0.891. The first-order valence-corrected chi connectivity index (χ1v) is 6.69. The number of hydrogen-bond donors (Lipinski definition) is 2. The lowest BCUT2D eigenvalue weighted by Crippen LogP contribution is -2.56. The zero-order valence-electron chi connectivity index (χ0n) is 10.7. The van der Waals surface area contributed by atoms with Gasteiger partial charge in [-0.15, -0.1) is 0 Å². The number of rotatable bonds is 2. The molecule has 2 atom stereocenters. The average Bonchev–Trinajstić information content (AvgIpc) is 2.85. The van der Waals surface area contributed by atoms with E-state index in [1.165, 1.54) is 0 Å². The monoisotopic (exact) mass is 272 g/mol. The molecule has 2 saturated carbocycles. The van der Waals surface area contributed by atoms with Crippen molar-refractivity contribution in [1.29, 1.82) is 5.26 Å². The second-order valence-corrected chi connectivity index (χ2v) is 5.58. The van der Waals surface area contributed by atoms with Crippen molar-refractivity contribution >= 4 is 5.91 Å². The van der Waals surface area contributed by atoms with E-state index >= 15 is 0 Å². The Balaban J connectivity index is 2.05. The van der Waals surface area contributed by atoms with Gasteiger partial charge in [-0.2, -0.15) is 5.26 Å². The Labute approximate surface area is 110 Å². The number of aliphatic hydroxyl groups is 1. The highest BCUT2D eigenvalue weighted by atomic mass is 19.3. The number of nitrogens with zero attached hydrogens (tertiary/aromatic N) is 1. The fourth-order valence-corrected chi connectivity index (χ4v) is 2.98. The minimum absolute atomic E-state index is 0.258. The van der Waals surface area contributed by atoms with Crippen molar-refractivity contribution in [3.63, 3.8) is 0 Å². The van der Waals surface area contributed by atoms with Crippen LogP contribution in [0.15, 0.2) is 0 Å². The molecular formula is C13H18F2N2O2. The summed E-state index contributed by atoms with van der Waals surface area (Å²) < 4.78 is 26.8. The van der Waals surface area contributed by atoms with Gasteiger partial charge in [0, 0.05) is 6.42 Å². The van der Waals surface area contributed by atoms with Gasteiger partial charge in [-0.1, -0.05) is 12.8 Å². The molecule has 106 valence electrons. The van der Waals surface area contributed by atoms with Gasteiger partial charge in [-0.3, -0.25) is 4.79 Å². The first-order valence-electron chi connectivity index (χ1n) is 6.69. The van der Waals surface area contributed by atoms with Crippen molar-refractivity contribution in [2.75, 3.05) is 0 Å². The summed E-state index contributed by atoms with van der Waals surface area (Å²) in [6.45, 7) is 0. The first kappa shape index (κ1) is 14.2. The molecule has 0 aromatic rings. The van der Waals surface area contributed by atoms with Crippen LogP contribution < -0.4 is 5.32 Å². The van der Waals surface area contributed by atoms with E-state index in [2.05, 4.69) is 5.32 Å². The summed E-state index contributed by atoms with van der Waals surface area (Å²) in [5, 5.41) is 21.2. The van der Waals surface area contributed by atoms with Crippen LogP contribution in [0.3, 0.4) is 0 Å². The third-order valence-electron chi connectivity index (χ3n) is 4.26. The predicted molar refractivity (Wildman–Crippen MR) is 63.2 cm³/mol. The predicted octanol–water partition coefficient (Wildman–Crippen LogP) is 1.74. The molecule has 0 heterocycles. The molecule has 6 heteroatoms. The third-order valence-corrected chi connectivity index (χ3v) is 4.26. The van der Waals surface area contributed by atoms with Crippen LogP contribution in [-0.4, -0.2) is 29.1 Å². The van der Waals surface area contributed by atoms with E-state index in [1.54, 1.807) is 0 Å². The highest BCUT2D eigenvalue weighted by molar-refractivity contribution is 5.86. The van der Waals surface area contributed by atoms with Crippen molar-refractivity contribution in [2.24, 2.45) is 5.41 Å². The summed E-state index contributed by atoms with van der Waals surface area (Å²) in [7, 11) is 0. The van der Waals surface area contributed by atoms with Crippen LogP contribution in [0.5, 0.6) is 0 Å². The Kier molecular flexibility index (Phi) is 3.77. The first-order chi connectivity index (χ1) is 8.91. The van der Waals surface area contributed by atoms with Crippen LogP contribution in [0, 0.1) is 16.7 Å². The smallest absolute Gasteiger partial charge is 0.275 e. The normalized spacial score (nSPS) is 32.5. The maximum Gasteiger partial charge on any atom is 0.275 e. The van der Waals surface area contributed by atoms with Crippen molar-refractivity contribution < 1.29 is 18.7 Å².